The number of benzene rings is 2. The van der Waals surface area contributed by atoms with E-state index < -0.39 is 15.8 Å². The van der Waals surface area contributed by atoms with E-state index in [2.05, 4.69) is 4.72 Å². The number of amides is 1. The molecule has 1 aliphatic heterocycles. The number of carbonyl (C=O) groups excluding carboxylic acids is 1. The van der Waals surface area contributed by atoms with E-state index in [1.54, 1.807) is 19.2 Å². The predicted octanol–water partition coefficient (Wildman–Crippen LogP) is 1.98. The number of anilines is 2. The molecular weight excluding hydrogens is 323 g/mol. The Labute approximate surface area is 132 Å². The second kappa shape index (κ2) is 5.54. The summed E-state index contributed by atoms with van der Waals surface area (Å²) in [4.78, 5) is 13.0. The van der Waals surface area contributed by atoms with E-state index in [4.69, 9.17) is 4.74 Å². The summed E-state index contributed by atoms with van der Waals surface area (Å²) >= 11 is 0. The molecule has 1 N–H and O–H groups in total. The molecule has 1 amide bonds. The van der Waals surface area contributed by atoms with Crippen LogP contribution in [0.15, 0.2) is 47.4 Å². The van der Waals surface area contributed by atoms with Crippen molar-refractivity contribution < 1.29 is 22.3 Å². The molecule has 0 saturated heterocycles. The number of hydrogen-bond acceptors (Lipinski definition) is 4. The Morgan fingerprint density at radius 1 is 1.17 bits per heavy atom. The minimum Gasteiger partial charge on any atom is -0.481 e. The largest absolute Gasteiger partial charge is 0.481 e. The van der Waals surface area contributed by atoms with Crippen LogP contribution in [0.25, 0.3) is 0 Å². The highest BCUT2D eigenvalue weighted by atomic mass is 32.2. The lowest BCUT2D eigenvalue weighted by atomic mass is 10.2. The van der Waals surface area contributed by atoms with Crippen LogP contribution in [0.5, 0.6) is 5.75 Å². The average Bonchev–Trinajstić information content (AvgIpc) is 2.51. The van der Waals surface area contributed by atoms with Gasteiger partial charge in [0.25, 0.3) is 15.9 Å². The molecule has 1 aliphatic rings. The maximum absolute atomic E-state index is 12.9. The lowest BCUT2D eigenvalue weighted by molar-refractivity contribution is -0.120. The molecule has 0 fully saturated rings. The van der Waals surface area contributed by atoms with E-state index in [0.717, 1.165) is 12.1 Å². The third-order valence-electron chi connectivity index (χ3n) is 3.43. The van der Waals surface area contributed by atoms with Crippen molar-refractivity contribution in [3.63, 3.8) is 0 Å². The number of likely N-dealkylation sites (N-methyl/N-ethyl adjacent to an activating group) is 1. The summed E-state index contributed by atoms with van der Waals surface area (Å²) in [5.74, 6) is -0.405. The zero-order chi connectivity index (χ0) is 16.6. The first-order valence-electron chi connectivity index (χ1n) is 6.69. The Hall–Kier alpha value is -2.61. The molecular formula is C15H13FN2O4S. The van der Waals surface area contributed by atoms with Crippen molar-refractivity contribution in [3.05, 3.63) is 48.3 Å². The highest BCUT2D eigenvalue weighted by molar-refractivity contribution is 7.92. The van der Waals surface area contributed by atoms with Gasteiger partial charge in [-0.1, -0.05) is 6.07 Å². The topological polar surface area (TPSA) is 75.7 Å². The van der Waals surface area contributed by atoms with Gasteiger partial charge in [0.05, 0.1) is 10.6 Å². The molecule has 3 rings (SSSR count). The van der Waals surface area contributed by atoms with Gasteiger partial charge in [0.15, 0.2) is 6.61 Å². The zero-order valence-electron chi connectivity index (χ0n) is 12.1. The number of hydrogen-bond donors (Lipinski definition) is 1. The lowest BCUT2D eigenvalue weighted by Gasteiger charge is -2.28. The van der Waals surface area contributed by atoms with Crippen molar-refractivity contribution in [2.75, 3.05) is 23.3 Å². The summed E-state index contributed by atoms with van der Waals surface area (Å²) in [7, 11) is -2.37. The summed E-state index contributed by atoms with van der Waals surface area (Å²) in [6.45, 7) is -0.0995. The third kappa shape index (κ3) is 2.85. The molecule has 0 radical (unpaired) electrons. The van der Waals surface area contributed by atoms with Crippen LogP contribution < -0.4 is 14.4 Å². The van der Waals surface area contributed by atoms with E-state index in [-0.39, 0.29) is 23.1 Å². The number of fused-ring (bicyclic) bond motifs is 1. The second-order valence-corrected chi connectivity index (χ2v) is 6.64. The van der Waals surface area contributed by atoms with Gasteiger partial charge in [-0.15, -0.1) is 0 Å². The molecule has 2 aromatic carbocycles. The maximum atomic E-state index is 12.9. The summed E-state index contributed by atoms with van der Waals surface area (Å²) in [5, 5.41) is 0. The van der Waals surface area contributed by atoms with Crippen molar-refractivity contribution in [2.45, 2.75) is 4.90 Å². The summed E-state index contributed by atoms with van der Waals surface area (Å²) in [5.41, 5.74) is 0.553. The molecule has 23 heavy (non-hydrogen) atoms. The van der Waals surface area contributed by atoms with Gasteiger partial charge in [-0.2, -0.15) is 0 Å². The van der Waals surface area contributed by atoms with Crippen LogP contribution in [0.4, 0.5) is 15.8 Å². The molecule has 0 spiro atoms. The standard InChI is InChI=1S/C15H13FN2O4S/c1-18-14(19)9-22-13-4-2-3-12(15(13)18)17-23(20,21)11-7-5-10(16)6-8-11/h2-8,17H,9H2,1H3. The number of nitrogens with one attached hydrogen (secondary N) is 1. The molecule has 0 saturated carbocycles. The van der Waals surface area contributed by atoms with Crippen LogP contribution in [0.1, 0.15) is 0 Å². The molecule has 0 bridgehead atoms. The highest BCUT2D eigenvalue weighted by Gasteiger charge is 2.27. The maximum Gasteiger partial charge on any atom is 0.264 e. The normalized spacial score (nSPS) is 14.2. The zero-order valence-corrected chi connectivity index (χ0v) is 12.9. The van der Waals surface area contributed by atoms with Gasteiger partial charge >= 0.3 is 0 Å². The van der Waals surface area contributed by atoms with Gasteiger partial charge in [0, 0.05) is 7.05 Å². The smallest absolute Gasteiger partial charge is 0.264 e. The fourth-order valence-corrected chi connectivity index (χ4v) is 3.31. The van der Waals surface area contributed by atoms with Gasteiger partial charge in [-0.3, -0.25) is 9.52 Å². The Bertz CT molecular complexity index is 866. The van der Waals surface area contributed by atoms with Crippen molar-refractivity contribution >= 4 is 27.3 Å². The van der Waals surface area contributed by atoms with Crippen molar-refractivity contribution in [3.8, 4) is 5.75 Å². The number of ether oxygens (including phenoxy) is 1. The predicted molar refractivity (Wildman–Crippen MR) is 82.6 cm³/mol. The summed E-state index contributed by atoms with van der Waals surface area (Å²) in [6.07, 6.45) is 0. The SMILES string of the molecule is CN1C(=O)COc2cccc(NS(=O)(=O)c3ccc(F)cc3)c21. The minimum atomic E-state index is -3.91. The van der Waals surface area contributed by atoms with E-state index in [1.807, 2.05) is 0 Å². The molecule has 120 valence electrons. The molecule has 8 heteroatoms. The molecule has 0 atom stereocenters. The van der Waals surface area contributed by atoms with Crippen LogP contribution in [-0.2, 0) is 14.8 Å². The van der Waals surface area contributed by atoms with Crippen molar-refractivity contribution in [2.24, 2.45) is 0 Å². The number of carbonyl (C=O) groups is 1. The van der Waals surface area contributed by atoms with E-state index in [9.17, 15) is 17.6 Å². The van der Waals surface area contributed by atoms with Crippen LogP contribution in [0.3, 0.4) is 0 Å². The van der Waals surface area contributed by atoms with Crippen LogP contribution in [-0.4, -0.2) is 28.0 Å². The quantitative estimate of drug-likeness (QED) is 0.930. The molecule has 2 aromatic rings. The molecule has 0 aliphatic carbocycles. The number of para-hydroxylation sites is 1. The fourth-order valence-electron chi connectivity index (χ4n) is 2.25. The molecule has 1 heterocycles. The number of nitrogens with zero attached hydrogens (tertiary/aromatic N) is 1. The first kappa shape index (κ1) is 15.3. The highest BCUT2D eigenvalue weighted by Crippen LogP contribution is 2.38. The Balaban J connectivity index is 2.01. The second-order valence-electron chi connectivity index (χ2n) is 4.95. The summed E-state index contributed by atoms with van der Waals surface area (Å²) in [6, 6.07) is 9.25. The van der Waals surface area contributed by atoms with Crippen LogP contribution >= 0.6 is 0 Å². The van der Waals surface area contributed by atoms with Crippen molar-refractivity contribution in [1.82, 2.24) is 0 Å². The van der Waals surface area contributed by atoms with Gasteiger partial charge in [-0.05, 0) is 36.4 Å². The first-order chi connectivity index (χ1) is 10.9. The first-order valence-corrected chi connectivity index (χ1v) is 8.17. The van der Waals surface area contributed by atoms with E-state index in [0.29, 0.717) is 11.4 Å². The Morgan fingerprint density at radius 2 is 1.87 bits per heavy atom. The summed E-state index contributed by atoms with van der Waals surface area (Å²) < 4.78 is 45.5. The van der Waals surface area contributed by atoms with E-state index in [1.165, 1.54) is 23.1 Å². The van der Waals surface area contributed by atoms with Crippen LogP contribution in [0.2, 0.25) is 0 Å². The number of sulfonamides is 1. The molecule has 0 unspecified atom stereocenters. The number of halogens is 1. The van der Waals surface area contributed by atoms with Gasteiger partial charge in [0.2, 0.25) is 0 Å². The third-order valence-corrected chi connectivity index (χ3v) is 4.81. The monoisotopic (exact) mass is 336 g/mol. The van der Waals surface area contributed by atoms with Gasteiger partial charge in [0.1, 0.15) is 17.3 Å². The Morgan fingerprint density at radius 3 is 2.57 bits per heavy atom. The van der Waals surface area contributed by atoms with Crippen LogP contribution in [0, 0.1) is 5.82 Å². The number of rotatable bonds is 3. The lowest BCUT2D eigenvalue weighted by Crippen LogP contribution is -2.36. The van der Waals surface area contributed by atoms with Crippen molar-refractivity contribution in [1.29, 1.82) is 0 Å². The van der Waals surface area contributed by atoms with Gasteiger partial charge < -0.3 is 9.64 Å². The average molecular weight is 336 g/mol. The Kier molecular flexibility index (Phi) is 3.69. The van der Waals surface area contributed by atoms with Gasteiger partial charge in [-0.25, -0.2) is 12.8 Å². The molecule has 6 nitrogen and oxygen atoms in total. The minimum absolute atomic E-state index is 0.0813. The van der Waals surface area contributed by atoms with E-state index >= 15 is 0 Å². The fraction of sp³-hybridized carbons (Fsp3) is 0.133. The molecule has 0 aromatic heterocycles.